The van der Waals surface area contributed by atoms with Crippen molar-refractivity contribution < 1.29 is 23.7 Å². The van der Waals surface area contributed by atoms with Crippen molar-refractivity contribution in [3.8, 4) is 27.8 Å². The Balaban J connectivity index is 1.60. The van der Waals surface area contributed by atoms with E-state index in [-0.39, 0.29) is 6.61 Å². The van der Waals surface area contributed by atoms with Gasteiger partial charge in [0.1, 0.15) is 17.4 Å². The van der Waals surface area contributed by atoms with Crippen LogP contribution in [0.4, 0.5) is 0 Å². The summed E-state index contributed by atoms with van der Waals surface area (Å²) in [5, 5.41) is 2.69. The molecule has 6 nitrogen and oxygen atoms in total. The summed E-state index contributed by atoms with van der Waals surface area (Å²) in [7, 11) is 3.20. The summed E-state index contributed by atoms with van der Waals surface area (Å²) in [6.07, 6.45) is 3.07. The zero-order valence-electron chi connectivity index (χ0n) is 17.1. The quantitative estimate of drug-likeness (QED) is 0.356. The van der Waals surface area contributed by atoms with E-state index in [4.69, 9.17) is 18.9 Å². The first-order valence-electron chi connectivity index (χ1n) is 9.37. The molecule has 1 heterocycles. The number of carbonyl (C=O) groups excluding carboxylic acids is 1. The molecule has 7 heteroatoms. The second-order valence-corrected chi connectivity index (χ2v) is 7.02. The van der Waals surface area contributed by atoms with Crippen LogP contribution in [-0.4, -0.2) is 31.8 Å². The van der Waals surface area contributed by atoms with Crippen molar-refractivity contribution in [2.24, 2.45) is 0 Å². The minimum atomic E-state index is -0.435. The number of ether oxygens (including phenoxy) is 4. The van der Waals surface area contributed by atoms with Crippen LogP contribution in [-0.2, 0) is 16.1 Å². The number of carbonyl (C=O) groups is 1. The fraction of sp³-hybridized carbons (Fsp3) is 0.217. The van der Waals surface area contributed by atoms with Crippen molar-refractivity contribution >= 4 is 23.4 Å². The third-order valence-electron chi connectivity index (χ3n) is 4.13. The Morgan fingerprint density at radius 3 is 2.73 bits per heavy atom. The molecular formula is C23H23NO5S. The van der Waals surface area contributed by atoms with E-state index in [9.17, 15) is 4.79 Å². The van der Waals surface area contributed by atoms with E-state index in [1.807, 2.05) is 54.8 Å². The van der Waals surface area contributed by atoms with Crippen LogP contribution in [0.1, 0.15) is 18.2 Å². The number of hydrogen-bond donors (Lipinski definition) is 0. The average Bonchev–Trinajstić information content (AvgIpc) is 3.26. The van der Waals surface area contributed by atoms with Crippen LogP contribution in [0.15, 0.2) is 53.9 Å². The first-order valence-corrected chi connectivity index (χ1v) is 10.3. The van der Waals surface area contributed by atoms with E-state index in [0.29, 0.717) is 23.8 Å². The second kappa shape index (κ2) is 10.5. The standard InChI is InChI=1S/C23H23NO5S/c1-4-28-20-10-9-17(13-21(20)27-3)23-24-18(15-30-23)14-29-22(25)11-8-16-6-5-7-19(12-16)26-2/h5-13,15H,4,14H2,1-3H3/b11-8+. The molecule has 0 aliphatic rings. The van der Waals surface area contributed by atoms with Crippen molar-refractivity contribution in [3.63, 3.8) is 0 Å². The normalized spacial score (nSPS) is 10.8. The van der Waals surface area contributed by atoms with Gasteiger partial charge in [-0.2, -0.15) is 0 Å². The van der Waals surface area contributed by atoms with E-state index >= 15 is 0 Å². The van der Waals surface area contributed by atoms with E-state index < -0.39 is 5.97 Å². The summed E-state index contributed by atoms with van der Waals surface area (Å²) in [6, 6.07) is 13.1. The first kappa shape index (κ1) is 21.4. The summed E-state index contributed by atoms with van der Waals surface area (Å²) in [6.45, 7) is 2.59. The van der Waals surface area contributed by atoms with Crippen LogP contribution in [0.5, 0.6) is 17.2 Å². The molecule has 156 valence electrons. The maximum Gasteiger partial charge on any atom is 0.331 e. The maximum atomic E-state index is 12.0. The number of methoxy groups -OCH3 is 2. The molecule has 2 aromatic carbocycles. The fourth-order valence-electron chi connectivity index (χ4n) is 2.68. The zero-order valence-corrected chi connectivity index (χ0v) is 17.9. The van der Waals surface area contributed by atoms with Crippen LogP contribution in [0, 0.1) is 0 Å². The minimum Gasteiger partial charge on any atom is -0.497 e. The summed E-state index contributed by atoms with van der Waals surface area (Å²) in [4.78, 5) is 16.6. The number of benzene rings is 2. The monoisotopic (exact) mass is 425 g/mol. The third-order valence-corrected chi connectivity index (χ3v) is 5.07. The number of nitrogens with zero attached hydrogens (tertiary/aromatic N) is 1. The SMILES string of the molecule is CCOc1ccc(-c2nc(COC(=O)/C=C/c3cccc(OC)c3)cs2)cc1OC. The molecule has 0 saturated carbocycles. The Kier molecular flexibility index (Phi) is 7.45. The summed E-state index contributed by atoms with van der Waals surface area (Å²) in [5.41, 5.74) is 2.45. The van der Waals surface area contributed by atoms with Crippen molar-refractivity contribution in [1.29, 1.82) is 0 Å². The molecule has 3 rings (SSSR count). The lowest BCUT2D eigenvalue weighted by molar-refractivity contribution is -0.139. The lowest BCUT2D eigenvalue weighted by atomic mass is 10.2. The van der Waals surface area contributed by atoms with Gasteiger partial charge in [-0.1, -0.05) is 12.1 Å². The third kappa shape index (κ3) is 5.61. The van der Waals surface area contributed by atoms with Gasteiger partial charge in [-0.25, -0.2) is 9.78 Å². The Hall–Kier alpha value is -3.32. The highest BCUT2D eigenvalue weighted by Crippen LogP contribution is 2.33. The van der Waals surface area contributed by atoms with Crippen LogP contribution in [0.3, 0.4) is 0 Å². The number of esters is 1. The lowest BCUT2D eigenvalue weighted by Crippen LogP contribution is -2.01. The Morgan fingerprint density at radius 2 is 1.97 bits per heavy atom. The Labute approximate surface area is 179 Å². The van der Waals surface area contributed by atoms with Gasteiger partial charge in [0.15, 0.2) is 11.5 Å². The van der Waals surface area contributed by atoms with Crippen molar-refractivity contribution in [2.45, 2.75) is 13.5 Å². The summed E-state index contributed by atoms with van der Waals surface area (Å²) in [5.74, 6) is 1.64. The lowest BCUT2D eigenvalue weighted by Gasteiger charge is -2.09. The number of aromatic nitrogens is 1. The predicted octanol–water partition coefficient (Wildman–Crippen LogP) is 4.98. The van der Waals surface area contributed by atoms with Gasteiger partial charge < -0.3 is 18.9 Å². The minimum absolute atomic E-state index is 0.103. The molecule has 1 aromatic heterocycles. The molecule has 3 aromatic rings. The highest BCUT2D eigenvalue weighted by molar-refractivity contribution is 7.13. The van der Waals surface area contributed by atoms with E-state index in [1.165, 1.54) is 17.4 Å². The van der Waals surface area contributed by atoms with Crippen molar-refractivity contribution in [3.05, 3.63) is 65.2 Å². The van der Waals surface area contributed by atoms with Gasteiger partial charge in [0, 0.05) is 17.0 Å². The second-order valence-electron chi connectivity index (χ2n) is 6.16. The van der Waals surface area contributed by atoms with Gasteiger partial charge in [-0.05, 0) is 48.9 Å². The van der Waals surface area contributed by atoms with E-state index in [1.54, 1.807) is 20.3 Å². The molecule has 0 amide bonds. The molecular weight excluding hydrogens is 402 g/mol. The highest BCUT2D eigenvalue weighted by Gasteiger charge is 2.11. The van der Waals surface area contributed by atoms with Gasteiger partial charge in [0.2, 0.25) is 0 Å². The molecule has 0 bridgehead atoms. The predicted molar refractivity (Wildman–Crippen MR) is 117 cm³/mol. The molecule has 0 atom stereocenters. The highest BCUT2D eigenvalue weighted by atomic mass is 32.1. The van der Waals surface area contributed by atoms with Gasteiger partial charge in [0.05, 0.1) is 26.5 Å². The molecule has 0 N–H and O–H groups in total. The first-order chi connectivity index (χ1) is 14.6. The largest absolute Gasteiger partial charge is 0.497 e. The molecule has 0 aliphatic carbocycles. The smallest absolute Gasteiger partial charge is 0.331 e. The van der Waals surface area contributed by atoms with Crippen LogP contribution in [0.2, 0.25) is 0 Å². The number of rotatable bonds is 9. The summed E-state index contributed by atoms with van der Waals surface area (Å²) >= 11 is 1.48. The Bertz CT molecular complexity index is 1030. The molecule has 0 aliphatic heterocycles. The molecule has 0 saturated heterocycles. The Morgan fingerprint density at radius 1 is 1.10 bits per heavy atom. The zero-order chi connectivity index (χ0) is 21.3. The van der Waals surface area contributed by atoms with Gasteiger partial charge in [-0.15, -0.1) is 11.3 Å². The van der Waals surface area contributed by atoms with Crippen molar-refractivity contribution in [1.82, 2.24) is 4.98 Å². The number of hydrogen-bond acceptors (Lipinski definition) is 7. The van der Waals surface area contributed by atoms with E-state index in [2.05, 4.69) is 4.98 Å². The molecule has 0 fully saturated rings. The average molecular weight is 426 g/mol. The molecule has 0 radical (unpaired) electrons. The molecule has 0 spiro atoms. The van der Waals surface area contributed by atoms with Crippen molar-refractivity contribution in [2.75, 3.05) is 20.8 Å². The topological polar surface area (TPSA) is 66.9 Å². The van der Waals surface area contributed by atoms with Crippen LogP contribution < -0.4 is 14.2 Å². The fourth-order valence-corrected chi connectivity index (χ4v) is 3.49. The van der Waals surface area contributed by atoms with Gasteiger partial charge >= 0.3 is 5.97 Å². The molecule has 30 heavy (non-hydrogen) atoms. The number of thiazole rings is 1. The van der Waals surface area contributed by atoms with E-state index in [0.717, 1.165) is 21.9 Å². The van der Waals surface area contributed by atoms with Gasteiger partial charge in [0.25, 0.3) is 0 Å². The maximum absolute atomic E-state index is 12.0. The summed E-state index contributed by atoms with van der Waals surface area (Å²) < 4.78 is 21.4. The van der Waals surface area contributed by atoms with Crippen LogP contribution >= 0.6 is 11.3 Å². The molecule has 0 unspecified atom stereocenters. The van der Waals surface area contributed by atoms with Crippen LogP contribution in [0.25, 0.3) is 16.6 Å². The van der Waals surface area contributed by atoms with Gasteiger partial charge in [-0.3, -0.25) is 0 Å².